The molecule has 0 aromatic carbocycles. The van der Waals surface area contributed by atoms with Crippen LogP contribution in [0.2, 0.25) is 5.02 Å². The molecule has 1 saturated heterocycles. The van der Waals surface area contributed by atoms with Crippen molar-refractivity contribution >= 4 is 17.4 Å². The van der Waals surface area contributed by atoms with Crippen LogP contribution in [0.25, 0.3) is 11.4 Å². The minimum absolute atomic E-state index is 0.0467. The zero-order chi connectivity index (χ0) is 16.2. The molecule has 0 saturated carbocycles. The summed E-state index contributed by atoms with van der Waals surface area (Å²) in [5.41, 5.74) is 1.26. The zero-order valence-electron chi connectivity index (χ0n) is 12.3. The lowest BCUT2D eigenvalue weighted by molar-refractivity contribution is 0.340. The Morgan fingerprint density at radius 3 is 2.91 bits per heavy atom. The molecule has 0 bridgehead atoms. The van der Waals surface area contributed by atoms with Gasteiger partial charge in [0.15, 0.2) is 5.82 Å². The molecule has 2 aromatic rings. The average molecular weight is 334 g/mol. The van der Waals surface area contributed by atoms with Crippen molar-refractivity contribution in [2.45, 2.75) is 0 Å². The normalized spacial score (nSPS) is 16.4. The van der Waals surface area contributed by atoms with Gasteiger partial charge in [-0.1, -0.05) is 11.6 Å². The number of aromatic amines is 1. The summed E-state index contributed by atoms with van der Waals surface area (Å²) in [5.74, 6) is 0.885. The third kappa shape index (κ3) is 3.35. The standard InChI is InChI=1S/C15H16ClN5O2/c16-12-14(21-7-6-18-11(9-21)3-8-22)19-13(20-15(12)23)10-1-4-17-5-2-10/h1-5,18,22H,6-9H2,(H,19,20,23)/b11-3-. The largest absolute Gasteiger partial charge is 0.392 e. The van der Waals surface area contributed by atoms with Crippen molar-refractivity contribution in [1.29, 1.82) is 0 Å². The fourth-order valence-corrected chi connectivity index (χ4v) is 2.63. The van der Waals surface area contributed by atoms with Gasteiger partial charge in [-0.05, 0) is 18.2 Å². The molecule has 1 aliphatic rings. The number of aliphatic hydroxyl groups excluding tert-OH is 1. The van der Waals surface area contributed by atoms with Gasteiger partial charge in [0.1, 0.15) is 10.8 Å². The van der Waals surface area contributed by atoms with Crippen LogP contribution < -0.4 is 15.8 Å². The molecule has 3 rings (SSSR count). The number of pyridine rings is 1. The molecule has 1 fully saturated rings. The van der Waals surface area contributed by atoms with Crippen LogP contribution in [0.15, 0.2) is 41.1 Å². The van der Waals surface area contributed by atoms with Crippen LogP contribution in [0, 0.1) is 0 Å². The Balaban J connectivity index is 2.00. The lowest BCUT2D eigenvalue weighted by Gasteiger charge is -2.31. The molecule has 0 spiro atoms. The Hall–Kier alpha value is -2.38. The number of piperazine rings is 1. The zero-order valence-corrected chi connectivity index (χ0v) is 13.0. The van der Waals surface area contributed by atoms with Gasteiger partial charge in [-0.2, -0.15) is 0 Å². The number of halogens is 1. The van der Waals surface area contributed by atoms with E-state index in [0.29, 0.717) is 31.3 Å². The van der Waals surface area contributed by atoms with Crippen LogP contribution in [-0.2, 0) is 0 Å². The maximum absolute atomic E-state index is 12.1. The summed E-state index contributed by atoms with van der Waals surface area (Å²) in [6.45, 7) is 1.80. The molecule has 7 nitrogen and oxygen atoms in total. The first-order valence-corrected chi connectivity index (χ1v) is 7.56. The van der Waals surface area contributed by atoms with E-state index in [4.69, 9.17) is 16.7 Å². The van der Waals surface area contributed by atoms with E-state index in [-0.39, 0.29) is 17.2 Å². The van der Waals surface area contributed by atoms with Crippen molar-refractivity contribution < 1.29 is 5.11 Å². The molecule has 3 heterocycles. The van der Waals surface area contributed by atoms with Gasteiger partial charge in [0, 0.05) is 36.7 Å². The molecule has 0 radical (unpaired) electrons. The minimum atomic E-state index is -0.380. The fraction of sp³-hybridized carbons (Fsp3) is 0.267. The maximum atomic E-state index is 12.1. The smallest absolute Gasteiger partial charge is 0.272 e. The lowest BCUT2D eigenvalue weighted by Crippen LogP contribution is -2.43. The van der Waals surface area contributed by atoms with E-state index in [0.717, 1.165) is 11.3 Å². The quantitative estimate of drug-likeness (QED) is 0.768. The number of hydrogen-bond acceptors (Lipinski definition) is 6. The molecule has 0 amide bonds. The van der Waals surface area contributed by atoms with Crippen molar-refractivity contribution in [2.75, 3.05) is 31.1 Å². The van der Waals surface area contributed by atoms with E-state index in [1.54, 1.807) is 30.6 Å². The molecular formula is C15H16ClN5O2. The highest BCUT2D eigenvalue weighted by Gasteiger charge is 2.20. The van der Waals surface area contributed by atoms with Crippen LogP contribution in [0.4, 0.5) is 5.82 Å². The summed E-state index contributed by atoms with van der Waals surface area (Å²) >= 11 is 6.16. The first-order chi connectivity index (χ1) is 11.2. The Morgan fingerprint density at radius 1 is 1.39 bits per heavy atom. The van der Waals surface area contributed by atoms with E-state index in [9.17, 15) is 4.79 Å². The predicted octanol–water partition coefficient (Wildman–Crippen LogP) is 0.771. The summed E-state index contributed by atoms with van der Waals surface area (Å²) in [6, 6.07) is 3.54. The number of aromatic nitrogens is 3. The third-order valence-corrected chi connectivity index (χ3v) is 3.87. The Bertz CT molecular complexity index is 775. The second-order valence-electron chi connectivity index (χ2n) is 5.05. The highest BCUT2D eigenvalue weighted by Crippen LogP contribution is 2.24. The molecule has 120 valence electrons. The van der Waals surface area contributed by atoms with Crippen molar-refractivity contribution in [2.24, 2.45) is 0 Å². The van der Waals surface area contributed by atoms with Crippen LogP contribution in [0.5, 0.6) is 0 Å². The minimum Gasteiger partial charge on any atom is -0.392 e. The molecule has 3 N–H and O–H groups in total. The van der Waals surface area contributed by atoms with Crippen molar-refractivity contribution in [1.82, 2.24) is 20.3 Å². The summed E-state index contributed by atoms with van der Waals surface area (Å²) < 4.78 is 0. The molecule has 1 aliphatic heterocycles. The van der Waals surface area contributed by atoms with Gasteiger partial charge in [0.05, 0.1) is 13.2 Å². The third-order valence-electron chi connectivity index (χ3n) is 3.53. The summed E-state index contributed by atoms with van der Waals surface area (Å²) in [4.78, 5) is 25.2. The van der Waals surface area contributed by atoms with Gasteiger partial charge in [0.2, 0.25) is 0 Å². The summed E-state index contributed by atoms with van der Waals surface area (Å²) in [6.07, 6.45) is 4.96. The number of H-pyrrole nitrogens is 1. The molecule has 0 unspecified atom stereocenters. The molecule has 0 atom stereocenters. The van der Waals surface area contributed by atoms with Crippen LogP contribution in [-0.4, -0.2) is 46.3 Å². The van der Waals surface area contributed by atoms with Crippen molar-refractivity contribution in [3.8, 4) is 11.4 Å². The molecule has 2 aromatic heterocycles. The topological polar surface area (TPSA) is 94.1 Å². The molecule has 8 heteroatoms. The Morgan fingerprint density at radius 2 is 2.17 bits per heavy atom. The Kier molecular flexibility index (Phi) is 4.59. The molecular weight excluding hydrogens is 318 g/mol. The van der Waals surface area contributed by atoms with E-state index < -0.39 is 0 Å². The van der Waals surface area contributed by atoms with Gasteiger partial charge in [-0.25, -0.2) is 4.98 Å². The first-order valence-electron chi connectivity index (χ1n) is 7.18. The summed E-state index contributed by atoms with van der Waals surface area (Å²) in [5, 5.41) is 12.3. The highest BCUT2D eigenvalue weighted by molar-refractivity contribution is 6.32. The summed E-state index contributed by atoms with van der Waals surface area (Å²) in [7, 11) is 0. The Labute approximate surface area is 137 Å². The van der Waals surface area contributed by atoms with Crippen LogP contribution in [0.1, 0.15) is 0 Å². The second-order valence-corrected chi connectivity index (χ2v) is 5.43. The van der Waals surface area contributed by atoms with Crippen molar-refractivity contribution in [3.63, 3.8) is 0 Å². The number of anilines is 1. The fourth-order valence-electron chi connectivity index (χ4n) is 2.42. The average Bonchev–Trinajstić information content (AvgIpc) is 2.58. The van der Waals surface area contributed by atoms with Crippen molar-refractivity contribution in [3.05, 3.63) is 51.7 Å². The number of nitrogens with zero attached hydrogens (tertiary/aromatic N) is 3. The highest BCUT2D eigenvalue weighted by atomic mass is 35.5. The van der Waals surface area contributed by atoms with Gasteiger partial charge in [0.25, 0.3) is 5.56 Å². The lowest BCUT2D eigenvalue weighted by atomic mass is 10.2. The predicted molar refractivity (Wildman–Crippen MR) is 88.5 cm³/mol. The number of hydrogen-bond donors (Lipinski definition) is 3. The maximum Gasteiger partial charge on any atom is 0.272 e. The van der Waals surface area contributed by atoms with E-state index in [1.165, 1.54) is 0 Å². The van der Waals surface area contributed by atoms with Crippen LogP contribution >= 0.6 is 11.6 Å². The molecule has 0 aliphatic carbocycles. The van der Waals surface area contributed by atoms with E-state index in [1.807, 2.05) is 4.90 Å². The monoisotopic (exact) mass is 333 g/mol. The van der Waals surface area contributed by atoms with Crippen LogP contribution in [0.3, 0.4) is 0 Å². The number of aliphatic hydroxyl groups is 1. The molecule has 23 heavy (non-hydrogen) atoms. The SMILES string of the molecule is O=c1[nH]c(-c2ccncc2)nc(N2CCN/C(=C\CO)C2)c1Cl. The van der Waals surface area contributed by atoms with Gasteiger partial charge < -0.3 is 20.3 Å². The second kappa shape index (κ2) is 6.80. The number of nitrogens with one attached hydrogen (secondary N) is 2. The van der Waals surface area contributed by atoms with Gasteiger partial charge in [-0.15, -0.1) is 0 Å². The number of rotatable bonds is 3. The van der Waals surface area contributed by atoms with Gasteiger partial charge in [-0.3, -0.25) is 9.78 Å². The van der Waals surface area contributed by atoms with E-state index in [2.05, 4.69) is 20.3 Å². The van der Waals surface area contributed by atoms with Gasteiger partial charge >= 0.3 is 0 Å². The van der Waals surface area contributed by atoms with E-state index >= 15 is 0 Å². The first kappa shape index (κ1) is 15.5.